The van der Waals surface area contributed by atoms with E-state index in [9.17, 15) is 26.3 Å². The van der Waals surface area contributed by atoms with Crippen molar-refractivity contribution in [1.29, 1.82) is 0 Å². The summed E-state index contributed by atoms with van der Waals surface area (Å²) < 4.78 is 95.5. The average Bonchev–Trinajstić information content (AvgIpc) is 3.39. The number of anilines is 1. The van der Waals surface area contributed by atoms with E-state index >= 15 is 0 Å². The van der Waals surface area contributed by atoms with Gasteiger partial charge >= 0.3 is 12.4 Å². The summed E-state index contributed by atoms with van der Waals surface area (Å²) in [6.07, 6.45) is -9.01. The van der Waals surface area contributed by atoms with Crippen molar-refractivity contribution >= 4 is 5.82 Å². The molecule has 2 aliphatic rings. The maximum absolute atomic E-state index is 13.2. The molecule has 2 atom stereocenters. The second-order valence-electron chi connectivity index (χ2n) is 7.99. The van der Waals surface area contributed by atoms with Gasteiger partial charge in [0.2, 0.25) is 5.88 Å². The lowest BCUT2D eigenvalue weighted by Crippen LogP contribution is -2.45. The number of ether oxygens (including phenoxy) is 3. The van der Waals surface area contributed by atoms with E-state index in [1.807, 2.05) is 11.8 Å². The molecule has 2 aromatic rings. The highest BCUT2D eigenvalue weighted by Gasteiger charge is 2.37. The number of hydrogen-bond donors (Lipinski definition) is 0. The summed E-state index contributed by atoms with van der Waals surface area (Å²) in [7, 11) is 0. The molecule has 7 nitrogen and oxygen atoms in total. The molecule has 0 unspecified atom stereocenters. The Morgan fingerprint density at radius 3 is 2.39 bits per heavy atom. The molecule has 2 fully saturated rings. The van der Waals surface area contributed by atoms with Gasteiger partial charge in [-0.1, -0.05) is 6.92 Å². The van der Waals surface area contributed by atoms with Crippen molar-refractivity contribution in [3.63, 3.8) is 0 Å². The molecule has 2 saturated heterocycles. The Kier molecular flexibility index (Phi) is 6.45. The number of aromatic nitrogens is 3. The van der Waals surface area contributed by atoms with Gasteiger partial charge < -0.3 is 19.1 Å². The van der Waals surface area contributed by atoms with Crippen LogP contribution in [0.15, 0.2) is 24.4 Å². The Bertz CT molecular complexity index is 941. The van der Waals surface area contributed by atoms with E-state index < -0.39 is 36.0 Å². The van der Waals surface area contributed by atoms with Gasteiger partial charge in [0.05, 0.1) is 25.3 Å². The molecular weight excluding hydrogens is 458 g/mol. The highest BCUT2D eigenvalue weighted by atomic mass is 19.4. The van der Waals surface area contributed by atoms with E-state index in [0.29, 0.717) is 38.5 Å². The molecule has 0 spiro atoms. The molecule has 4 heterocycles. The fourth-order valence-corrected chi connectivity index (χ4v) is 3.82. The maximum atomic E-state index is 13.2. The van der Waals surface area contributed by atoms with Crippen LogP contribution in [0.4, 0.5) is 32.2 Å². The minimum absolute atomic E-state index is 0.0422. The van der Waals surface area contributed by atoms with E-state index in [4.69, 9.17) is 14.2 Å². The lowest BCUT2D eigenvalue weighted by molar-refractivity contribution is -0.142. The molecule has 33 heavy (non-hydrogen) atoms. The predicted octanol–water partition coefficient (Wildman–Crippen LogP) is 3.98. The number of halogens is 6. The molecule has 0 saturated carbocycles. The van der Waals surface area contributed by atoms with Gasteiger partial charge in [-0.25, -0.2) is 9.67 Å². The fraction of sp³-hybridized carbons (Fsp3) is 0.600. The van der Waals surface area contributed by atoms with Gasteiger partial charge in [-0.15, -0.1) is 0 Å². The molecule has 13 heteroatoms. The van der Waals surface area contributed by atoms with Crippen LogP contribution in [-0.2, 0) is 28.4 Å². The molecule has 0 aliphatic carbocycles. The largest absolute Gasteiger partial charge is 0.474 e. The van der Waals surface area contributed by atoms with Crippen molar-refractivity contribution in [3.05, 3.63) is 35.7 Å². The molecule has 0 bridgehead atoms. The monoisotopic (exact) mass is 480 g/mol. The zero-order valence-corrected chi connectivity index (χ0v) is 17.6. The van der Waals surface area contributed by atoms with Crippen molar-refractivity contribution in [2.24, 2.45) is 5.92 Å². The number of alkyl halides is 6. The van der Waals surface area contributed by atoms with E-state index in [-0.39, 0.29) is 18.3 Å². The Morgan fingerprint density at radius 2 is 1.82 bits per heavy atom. The van der Waals surface area contributed by atoms with Crippen molar-refractivity contribution in [1.82, 2.24) is 14.8 Å². The molecule has 0 radical (unpaired) electrons. The smallest absolute Gasteiger partial charge is 0.435 e. The molecule has 4 rings (SSSR count). The first kappa shape index (κ1) is 23.6. The number of rotatable bonds is 5. The lowest BCUT2D eigenvalue weighted by Gasteiger charge is -2.37. The summed E-state index contributed by atoms with van der Waals surface area (Å²) in [4.78, 5) is 5.74. The summed E-state index contributed by atoms with van der Waals surface area (Å²) in [5, 5.41) is 3.62. The molecule has 2 aromatic heterocycles. The van der Waals surface area contributed by atoms with Crippen LogP contribution in [0.2, 0.25) is 0 Å². The quantitative estimate of drug-likeness (QED) is 0.604. The normalized spacial score (nSPS) is 22.7. The number of pyridine rings is 1. The van der Waals surface area contributed by atoms with E-state index in [2.05, 4.69) is 10.1 Å². The third-order valence-corrected chi connectivity index (χ3v) is 5.54. The zero-order valence-electron chi connectivity index (χ0n) is 17.6. The van der Waals surface area contributed by atoms with Gasteiger partial charge in [0, 0.05) is 37.7 Å². The average molecular weight is 480 g/mol. The third-order valence-electron chi connectivity index (χ3n) is 5.54. The Balaban J connectivity index is 1.44. The van der Waals surface area contributed by atoms with Crippen LogP contribution < -0.4 is 9.64 Å². The predicted molar refractivity (Wildman–Crippen MR) is 103 cm³/mol. The van der Waals surface area contributed by atoms with Gasteiger partial charge in [-0.05, 0) is 12.1 Å². The zero-order chi connectivity index (χ0) is 23.8. The third kappa shape index (κ3) is 5.52. The van der Waals surface area contributed by atoms with Crippen molar-refractivity contribution in [3.8, 4) is 5.88 Å². The summed E-state index contributed by atoms with van der Waals surface area (Å²) >= 11 is 0. The van der Waals surface area contributed by atoms with Crippen LogP contribution in [0.1, 0.15) is 24.6 Å². The molecule has 0 aromatic carbocycles. The van der Waals surface area contributed by atoms with Crippen LogP contribution in [0, 0.1) is 5.92 Å². The van der Waals surface area contributed by atoms with Crippen molar-refractivity contribution < 1.29 is 40.6 Å². The first-order valence-electron chi connectivity index (χ1n) is 10.3. The molecule has 0 N–H and O–H groups in total. The standard InChI is InChI=1S/C20H22F6N4O3/c1-12-10-29(16-3-2-13(9-27-16)19(21,22)23)5-4-14(12)33-17-8-15(20(24,25)26)28-30(17)11-18-31-6-7-32-18/h2-3,8-9,12,14,18H,4-7,10-11H2,1H3/t12-,14-/m0/s1. The van der Waals surface area contributed by atoms with Crippen LogP contribution in [0.3, 0.4) is 0 Å². The van der Waals surface area contributed by atoms with Gasteiger partial charge in [0.1, 0.15) is 11.9 Å². The summed E-state index contributed by atoms with van der Waals surface area (Å²) in [5.74, 6) is 0.215. The number of nitrogens with zero attached hydrogens (tertiary/aromatic N) is 4. The second kappa shape index (κ2) is 9.01. The fourth-order valence-electron chi connectivity index (χ4n) is 3.82. The first-order valence-corrected chi connectivity index (χ1v) is 10.3. The van der Waals surface area contributed by atoms with Gasteiger partial charge in [0.25, 0.3) is 0 Å². The van der Waals surface area contributed by atoms with E-state index in [1.54, 1.807) is 0 Å². The minimum Gasteiger partial charge on any atom is -0.474 e. The second-order valence-corrected chi connectivity index (χ2v) is 7.99. The number of piperidine rings is 1. The van der Waals surface area contributed by atoms with Crippen LogP contribution in [-0.4, -0.2) is 53.5 Å². The highest BCUT2D eigenvalue weighted by molar-refractivity contribution is 5.40. The molecular formula is C20H22F6N4O3. The Labute approximate surface area is 185 Å². The Hall–Kier alpha value is -2.54. The molecule has 0 amide bonds. The maximum Gasteiger partial charge on any atom is 0.435 e. The van der Waals surface area contributed by atoms with Gasteiger partial charge in [0.15, 0.2) is 12.0 Å². The summed E-state index contributed by atoms with van der Waals surface area (Å²) in [6, 6.07) is 3.13. The lowest BCUT2D eigenvalue weighted by atomic mass is 9.96. The Morgan fingerprint density at radius 1 is 1.09 bits per heavy atom. The van der Waals surface area contributed by atoms with Crippen molar-refractivity contribution in [2.45, 2.75) is 44.6 Å². The van der Waals surface area contributed by atoms with E-state index in [0.717, 1.165) is 23.0 Å². The molecule has 182 valence electrons. The molecule has 2 aliphatic heterocycles. The van der Waals surface area contributed by atoms with Crippen LogP contribution in [0.25, 0.3) is 0 Å². The van der Waals surface area contributed by atoms with Crippen LogP contribution in [0.5, 0.6) is 5.88 Å². The first-order chi connectivity index (χ1) is 15.5. The van der Waals surface area contributed by atoms with Gasteiger partial charge in [-0.2, -0.15) is 31.4 Å². The van der Waals surface area contributed by atoms with Gasteiger partial charge in [-0.3, -0.25) is 0 Å². The SMILES string of the molecule is C[C@H]1CN(c2ccc(C(F)(F)F)cn2)CC[C@@H]1Oc1cc(C(F)(F)F)nn1CC1OCCO1. The van der Waals surface area contributed by atoms with Crippen molar-refractivity contribution in [2.75, 3.05) is 31.2 Å². The summed E-state index contributed by atoms with van der Waals surface area (Å²) in [5.41, 5.74) is -1.91. The van der Waals surface area contributed by atoms with E-state index in [1.165, 1.54) is 6.07 Å². The number of hydrogen-bond acceptors (Lipinski definition) is 6. The van der Waals surface area contributed by atoms with Crippen LogP contribution >= 0.6 is 0 Å². The topological polar surface area (TPSA) is 61.6 Å². The highest BCUT2D eigenvalue weighted by Crippen LogP contribution is 2.34. The minimum atomic E-state index is -4.63. The summed E-state index contributed by atoms with van der Waals surface area (Å²) in [6.45, 7) is 3.34.